The lowest BCUT2D eigenvalue weighted by atomic mass is 10.1. The maximum absolute atomic E-state index is 6.73. The standard InChI is InChI=1S/C46H29N5OS/c1-4-14-29(15-5-1)43-47-44(30-16-6-2-7-17-30)49-46(48-43)51-37-27-24-32(50-38-21-11-13-23-40(38)53-45(50)31-18-8-3-9-19-31)28-36(37)34-25-26-35-33-20-10-12-22-39(33)52-42(35)41(34)51/h1-28,45H. The van der Waals surface area contributed by atoms with Crippen molar-refractivity contribution in [2.45, 2.75) is 10.3 Å². The van der Waals surface area contributed by atoms with Gasteiger partial charge in [-0.05, 0) is 48.0 Å². The predicted molar refractivity (Wildman–Crippen MR) is 216 cm³/mol. The Bertz CT molecular complexity index is 2940. The van der Waals surface area contributed by atoms with Crippen LogP contribution >= 0.6 is 11.8 Å². The Balaban J connectivity index is 1.21. The minimum Gasteiger partial charge on any atom is -0.454 e. The van der Waals surface area contributed by atoms with Gasteiger partial charge in [0, 0.05) is 43.3 Å². The first kappa shape index (κ1) is 30.0. The number of thioether (sulfide) groups is 1. The Morgan fingerprint density at radius 3 is 1.92 bits per heavy atom. The van der Waals surface area contributed by atoms with E-state index in [-0.39, 0.29) is 5.37 Å². The highest BCUT2D eigenvalue weighted by atomic mass is 32.2. The number of rotatable bonds is 5. The predicted octanol–water partition coefficient (Wildman–Crippen LogP) is 12.1. The van der Waals surface area contributed by atoms with E-state index in [0.29, 0.717) is 17.6 Å². The van der Waals surface area contributed by atoms with Crippen molar-refractivity contribution in [1.82, 2.24) is 19.5 Å². The molecule has 1 aliphatic rings. The third-order valence-corrected chi connectivity index (χ3v) is 11.4. The Morgan fingerprint density at radius 2 is 1.17 bits per heavy atom. The molecule has 11 rings (SSSR count). The van der Waals surface area contributed by atoms with Gasteiger partial charge in [-0.2, -0.15) is 9.97 Å². The van der Waals surface area contributed by atoms with Crippen molar-refractivity contribution in [3.05, 3.63) is 175 Å². The van der Waals surface area contributed by atoms with Crippen LogP contribution in [0.15, 0.2) is 179 Å². The molecule has 0 radical (unpaired) electrons. The number of hydrogen-bond acceptors (Lipinski definition) is 6. The molecule has 0 saturated carbocycles. The molecule has 3 aromatic heterocycles. The van der Waals surface area contributed by atoms with E-state index in [2.05, 4.69) is 107 Å². The van der Waals surface area contributed by atoms with E-state index in [0.717, 1.165) is 60.6 Å². The van der Waals surface area contributed by atoms with E-state index in [9.17, 15) is 0 Å². The Kier molecular flexibility index (Phi) is 6.75. The molecule has 1 atom stereocenters. The second kappa shape index (κ2) is 11.9. The van der Waals surface area contributed by atoms with Crippen molar-refractivity contribution in [2.75, 3.05) is 4.90 Å². The monoisotopic (exact) mass is 699 g/mol. The summed E-state index contributed by atoms with van der Waals surface area (Å²) >= 11 is 1.89. The molecule has 0 bridgehead atoms. The molecule has 0 saturated heterocycles. The largest absolute Gasteiger partial charge is 0.454 e. The smallest absolute Gasteiger partial charge is 0.238 e. The summed E-state index contributed by atoms with van der Waals surface area (Å²) in [6.45, 7) is 0. The highest BCUT2D eigenvalue weighted by molar-refractivity contribution is 8.00. The van der Waals surface area contributed by atoms with Crippen LogP contribution in [-0.4, -0.2) is 19.5 Å². The summed E-state index contributed by atoms with van der Waals surface area (Å²) in [6.07, 6.45) is 0. The van der Waals surface area contributed by atoms with Crippen molar-refractivity contribution in [3.63, 3.8) is 0 Å². The van der Waals surface area contributed by atoms with Gasteiger partial charge in [0.1, 0.15) is 16.5 Å². The molecule has 1 unspecified atom stereocenters. The minimum absolute atomic E-state index is 0.0897. The van der Waals surface area contributed by atoms with Crippen LogP contribution in [0.25, 0.3) is 72.5 Å². The number of anilines is 2. The SMILES string of the molecule is c1ccc(-c2nc(-c3ccccc3)nc(-n3c4ccc(N5c6ccccc6SC5c5ccccc5)cc4c4ccc5c6ccccc6oc5c43)n2)cc1. The first-order chi connectivity index (χ1) is 26.3. The van der Waals surface area contributed by atoms with Crippen LogP contribution in [0.4, 0.5) is 11.4 Å². The van der Waals surface area contributed by atoms with Crippen LogP contribution < -0.4 is 4.90 Å². The van der Waals surface area contributed by atoms with E-state index in [4.69, 9.17) is 19.4 Å². The van der Waals surface area contributed by atoms with Crippen LogP contribution in [0.2, 0.25) is 0 Å². The third kappa shape index (κ3) is 4.78. The summed E-state index contributed by atoms with van der Waals surface area (Å²) in [5.41, 5.74) is 8.95. The molecule has 0 aliphatic carbocycles. The maximum Gasteiger partial charge on any atom is 0.238 e. The summed E-state index contributed by atoms with van der Waals surface area (Å²) in [7, 11) is 0. The second-order valence-electron chi connectivity index (χ2n) is 13.2. The first-order valence-corrected chi connectivity index (χ1v) is 18.5. The number of fused-ring (bicyclic) bond motifs is 8. The molecule has 0 N–H and O–H groups in total. The molecule has 53 heavy (non-hydrogen) atoms. The van der Waals surface area contributed by atoms with Crippen LogP contribution in [0.1, 0.15) is 10.9 Å². The van der Waals surface area contributed by atoms with Crippen molar-refractivity contribution in [2.24, 2.45) is 0 Å². The zero-order valence-corrected chi connectivity index (χ0v) is 29.1. The highest BCUT2D eigenvalue weighted by Crippen LogP contribution is 2.55. The Hall–Kier alpha value is -6.70. The third-order valence-electron chi connectivity index (χ3n) is 10.1. The molecule has 0 amide bonds. The number of benzene rings is 7. The number of hydrogen-bond donors (Lipinski definition) is 0. The molecule has 10 aromatic rings. The summed E-state index contributed by atoms with van der Waals surface area (Å²) < 4.78 is 8.90. The van der Waals surface area contributed by atoms with Gasteiger partial charge in [0.15, 0.2) is 17.2 Å². The zero-order valence-electron chi connectivity index (χ0n) is 28.3. The second-order valence-corrected chi connectivity index (χ2v) is 14.3. The molecule has 250 valence electrons. The molecule has 1 aliphatic heterocycles. The minimum atomic E-state index is 0.0897. The van der Waals surface area contributed by atoms with Gasteiger partial charge in [0.05, 0.1) is 11.2 Å². The van der Waals surface area contributed by atoms with E-state index in [1.54, 1.807) is 0 Å². The van der Waals surface area contributed by atoms with Crippen LogP contribution in [0, 0.1) is 0 Å². The summed E-state index contributed by atoms with van der Waals surface area (Å²) in [5, 5.41) is 4.36. The Labute approximate surface area is 309 Å². The van der Waals surface area contributed by atoms with Gasteiger partial charge >= 0.3 is 0 Å². The summed E-state index contributed by atoms with van der Waals surface area (Å²) in [5.74, 6) is 1.74. The molecule has 6 nitrogen and oxygen atoms in total. The fourth-order valence-electron chi connectivity index (χ4n) is 7.69. The molecule has 7 heteroatoms. The lowest BCUT2D eigenvalue weighted by Gasteiger charge is -2.27. The van der Waals surface area contributed by atoms with Crippen LogP contribution in [0.5, 0.6) is 0 Å². The number of para-hydroxylation sites is 2. The molecule has 0 fully saturated rings. The van der Waals surface area contributed by atoms with E-state index in [1.807, 2.05) is 84.6 Å². The maximum atomic E-state index is 6.73. The fraction of sp³-hybridized carbons (Fsp3) is 0.0217. The normalized spacial score (nSPS) is 14.1. The fourth-order valence-corrected chi connectivity index (χ4v) is 9.01. The highest BCUT2D eigenvalue weighted by Gasteiger charge is 2.33. The summed E-state index contributed by atoms with van der Waals surface area (Å²) in [4.78, 5) is 19.1. The lowest BCUT2D eigenvalue weighted by Crippen LogP contribution is -2.17. The van der Waals surface area contributed by atoms with Gasteiger partial charge in [-0.25, -0.2) is 4.98 Å². The van der Waals surface area contributed by atoms with Crippen LogP contribution in [0.3, 0.4) is 0 Å². The number of nitrogens with zero attached hydrogens (tertiary/aromatic N) is 5. The van der Waals surface area contributed by atoms with E-state index < -0.39 is 0 Å². The average Bonchev–Trinajstić information content (AvgIpc) is 3.91. The van der Waals surface area contributed by atoms with E-state index in [1.165, 1.54) is 16.1 Å². The van der Waals surface area contributed by atoms with Crippen molar-refractivity contribution in [1.29, 1.82) is 0 Å². The quantitative estimate of drug-likeness (QED) is 0.178. The molecule has 0 spiro atoms. The van der Waals surface area contributed by atoms with E-state index >= 15 is 0 Å². The first-order valence-electron chi connectivity index (χ1n) is 17.6. The van der Waals surface area contributed by atoms with Gasteiger partial charge in [-0.3, -0.25) is 4.57 Å². The topological polar surface area (TPSA) is 60.0 Å². The average molecular weight is 700 g/mol. The molecular weight excluding hydrogens is 671 g/mol. The van der Waals surface area contributed by atoms with Gasteiger partial charge in [0.25, 0.3) is 0 Å². The van der Waals surface area contributed by atoms with Crippen molar-refractivity contribution < 1.29 is 4.42 Å². The van der Waals surface area contributed by atoms with Crippen molar-refractivity contribution >= 4 is 66.9 Å². The van der Waals surface area contributed by atoms with Gasteiger partial charge < -0.3 is 9.32 Å². The van der Waals surface area contributed by atoms with Gasteiger partial charge in [-0.1, -0.05) is 139 Å². The van der Waals surface area contributed by atoms with Crippen LogP contribution in [-0.2, 0) is 0 Å². The Morgan fingerprint density at radius 1 is 0.528 bits per heavy atom. The number of aromatic nitrogens is 4. The van der Waals surface area contributed by atoms with Gasteiger partial charge in [0.2, 0.25) is 5.95 Å². The summed E-state index contributed by atoms with van der Waals surface area (Å²) in [6, 6.07) is 59.0. The molecule has 7 aromatic carbocycles. The molecule has 4 heterocycles. The lowest BCUT2D eigenvalue weighted by molar-refractivity contribution is 0.670. The van der Waals surface area contributed by atoms with Gasteiger partial charge in [-0.15, -0.1) is 0 Å². The number of furan rings is 1. The molecular formula is C46H29N5OS. The zero-order chi connectivity index (χ0) is 34.9. The van der Waals surface area contributed by atoms with Crippen molar-refractivity contribution in [3.8, 4) is 28.7 Å².